The highest BCUT2D eigenvalue weighted by atomic mass is 19.1. The van der Waals surface area contributed by atoms with E-state index in [2.05, 4.69) is 44.6 Å². The Morgan fingerprint density at radius 3 is 1.83 bits per heavy atom. The van der Waals surface area contributed by atoms with Crippen molar-refractivity contribution in [3.63, 3.8) is 0 Å². The second-order valence-corrected chi connectivity index (χ2v) is 13.8. The van der Waals surface area contributed by atoms with Crippen LogP contribution in [0.3, 0.4) is 0 Å². The first-order chi connectivity index (χ1) is 25.0. The van der Waals surface area contributed by atoms with Gasteiger partial charge in [0.25, 0.3) is 0 Å². The summed E-state index contributed by atoms with van der Waals surface area (Å²) in [5.41, 5.74) is 5.46. The van der Waals surface area contributed by atoms with Gasteiger partial charge < -0.3 is 10.2 Å². The predicted molar refractivity (Wildman–Crippen MR) is 225 cm³/mol. The van der Waals surface area contributed by atoms with Crippen LogP contribution in [0.15, 0.2) is 139 Å². The van der Waals surface area contributed by atoms with E-state index in [0.29, 0.717) is 17.8 Å². The third-order valence-corrected chi connectivity index (χ3v) is 8.56. The molecule has 4 aromatic rings. The first kappa shape index (κ1) is 43.5. The fourth-order valence-corrected chi connectivity index (χ4v) is 6.02. The molecule has 0 unspecified atom stereocenters. The number of hydrogen-bond acceptors (Lipinski definition) is 2. The lowest BCUT2D eigenvalue weighted by molar-refractivity contribution is 0.208. The lowest BCUT2D eigenvalue weighted by atomic mass is 9.76. The second-order valence-electron chi connectivity index (χ2n) is 13.8. The van der Waals surface area contributed by atoms with Gasteiger partial charge >= 0.3 is 12.2 Å². The molecule has 280 valence electrons. The highest BCUT2D eigenvalue weighted by molar-refractivity contribution is 6.17. The molecule has 0 heterocycles. The fraction of sp³-hybridized carbons (Fsp3) is 0.261. The van der Waals surface area contributed by atoms with Crippen LogP contribution in [-0.2, 0) is 5.41 Å². The SMILES string of the molecule is C=C(C(/C=C\C)=C(/C)c1ccccc1NC(=O)O)C(C)(C)C.C=C/C=C(F)/C=C/CC(C)(C)c1c(NC(=O)O)c2ccccc2c2ccccc12.CC. The number of carboxylic acid groups (broad SMARTS) is 2. The van der Waals surface area contributed by atoms with Gasteiger partial charge in [0.05, 0.1) is 11.4 Å². The van der Waals surface area contributed by atoms with Gasteiger partial charge in [-0.1, -0.05) is 153 Å². The number of allylic oxidation sites excluding steroid dienone is 10. The molecule has 6 nitrogen and oxygen atoms in total. The molecule has 0 fully saturated rings. The number of nitrogens with one attached hydrogen (secondary N) is 2. The number of hydrogen-bond donors (Lipinski definition) is 4. The molecule has 0 saturated carbocycles. The number of rotatable bonds is 10. The van der Waals surface area contributed by atoms with Crippen molar-refractivity contribution < 1.29 is 24.2 Å². The molecule has 4 aromatic carbocycles. The first-order valence-electron chi connectivity index (χ1n) is 17.7. The van der Waals surface area contributed by atoms with E-state index < -0.39 is 17.6 Å². The van der Waals surface area contributed by atoms with Crippen LogP contribution in [0.5, 0.6) is 0 Å². The molecule has 7 heteroatoms. The van der Waals surface area contributed by atoms with E-state index in [-0.39, 0.29) is 11.2 Å². The summed E-state index contributed by atoms with van der Waals surface area (Å²) in [6.45, 7) is 26.1. The van der Waals surface area contributed by atoms with E-state index in [1.807, 2.05) is 120 Å². The van der Waals surface area contributed by atoms with Crippen LogP contribution in [0.25, 0.3) is 27.1 Å². The minimum absolute atomic E-state index is 0.0642. The molecule has 0 spiro atoms. The molecule has 4 N–H and O–H groups in total. The van der Waals surface area contributed by atoms with Crippen LogP contribution in [0.2, 0.25) is 0 Å². The largest absolute Gasteiger partial charge is 0.465 e. The van der Waals surface area contributed by atoms with Crippen molar-refractivity contribution >= 4 is 50.7 Å². The maximum Gasteiger partial charge on any atom is 0.409 e. The summed E-state index contributed by atoms with van der Waals surface area (Å²) in [5, 5.41) is 27.5. The minimum atomic E-state index is -1.11. The minimum Gasteiger partial charge on any atom is -0.465 e. The van der Waals surface area contributed by atoms with Gasteiger partial charge in [-0.05, 0) is 87.8 Å². The van der Waals surface area contributed by atoms with Gasteiger partial charge in [-0.2, -0.15) is 0 Å². The molecule has 0 aliphatic rings. The summed E-state index contributed by atoms with van der Waals surface area (Å²) in [6.07, 6.45) is 8.23. The van der Waals surface area contributed by atoms with Gasteiger partial charge in [-0.15, -0.1) is 0 Å². The van der Waals surface area contributed by atoms with Crippen molar-refractivity contribution in [2.24, 2.45) is 5.41 Å². The Labute approximate surface area is 314 Å². The van der Waals surface area contributed by atoms with Crippen molar-refractivity contribution in [3.05, 3.63) is 151 Å². The topological polar surface area (TPSA) is 98.7 Å². The van der Waals surface area contributed by atoms with Crippen LogP contribution < -0.4 is 10.6 Å². The van der Waals surface area contributed by atoms with Crippen LogP contribution in [0, 0.1) is 5.41 Å². The van der Waals surface area contributed by atoms with E-state index in [1.54, 1.807) is 12.1 Å². The normalized spacial score (nSPS) is 12.4. The van der Waals surface area contributed by atoms with Crippen LogP contribution in [0.4, 0.5) is 25.4 Å². The zero-order chi connectivity index (χ0) is 39.9. The third kappa shape index (κ3) is 11.7. The molecule has 0 bridgehead atoms. The Hall–Kier alpha value is -5.69. The van der Waals surface area contributed by atoms with E-state index in [4.69, 9.17) is 5.11 Å². The Morgan fingerprint density at radius 2 is 1.30 bits per heavy atom. The summed E-state index contributed by atoms with van der Waals surface area (Å²) in [6, 6.07) is 23.1. The lowest BCUT2D eigenvalue weighted by Crippen LogP contribution is -2.21. The smallest absolute Gasteiger partial charge is 0.409 e. The third-order valence-electron chi connectivity index (χ3n) is 8.56. The number of anilines is 2. The van der Waals surface area contributed by atoms with E-state index in [1.165, 1.54) is 18.2 Å². The molecular weight excluding hydrogens is 664 g/mol. The van der Waals surface area contributed by atoms with Gasteiger partial charge in [0.1, 0.15) is 5.83 Å². The standard InChI is InChI=1S/C25H24FNO2.C19H25NO2.C2H6/c1-4-10-17(26)11-9-16-25(2,3)22-20-14-7-5-12-18(20)19-13-6-8-15-21(19)23(22)27-24(28)29;1-7-10-15(14(3)19(4,5)6)13(2)16-11-8-9-12-17(16)20-18(21)22;1-2/h4-15,27H,1,16H2,2-3H3,(H,28,29);7-12,20H,3H2,1-2,4-6H3,(H,21,22);1-2H3/b11-9+,17-10-;10-7-,15-13-;. The quantitative estimate of drug-likeness (QED) is 0.0969. The number of para-hydroxylation sites is 1. The molecule has 0 radical (unpaired) electrons. The van der Waals surface area contributed by atoms with Gasteiger partial charge in [-0.25, -0.2) is 14.0 Å². The average molecular weight is 719 g/mol. The molecule has 0 atom stereocenters. The van der Waals surface area contributed by atoms with Gasteiger partial charge in [-0.3, -0.25) is 10.6 Å². The zero-order valence-corrected chi connectivity index (χ0v) is 32.6. The van der Waals surface area contributed by atoms with Crippen LogP contribution in [-0.4, -0.2) is 22.4 Å². The monoisotopic (exact) mass is 718 g/mol. The van der Waals surface area contributed by atoms with Gasteiger partial charge in [0, 0.05) is 10.9 Å². The van der Waals surface area contributed by atoms with E-state index in [0.717, 1.165) is 49.4 Å². The van der Waals surface area contributed by atoms with Crippen molar-refractivity contribution in [2.45, 2.75) is 74.1 Å². The van der Waals surface area contributed by atoms with Gasteiger partial charge in [0.15, 0.2) is 0 Å². The molecule has 53 heavy (non-hydrogen) atoms. The molecule has 0 aliphatic carbocycles. The molecule has 0 saturated heterocycles. The maximum absolute atomic E-state index is 13.7. The number of carbonyl (C=O) groups is 2. The zero-order valence-electron chi connectivity index (χ0n) is 32.6. The average Bonchev–Trinajstić information content (AvgIpc) is 3.10. The number of halogens is 1. The highest BCUT2D eigenvalue weighted by Gasteiger charge is 2.28. The number of benzene rings is 4. The Balaban J connectivity index is 0.000000364. The first-order valence-corrected chi connectivity index (χ1v) is 17.7. The van der Waals surface area contributed by atoms with E-state index in [9.17, 15) is 19.1 Å². The van der Waals surface area contributed by atoms with E-state index >= 15 is 0 Å². The summed E-state index contributed by atoms with van der Waals surface area (Å²) in [4.78, 5) is 22.6. The fourth-order valence-electron chi connectivity index (χ4n) is 6.02. The Kier molecular flexibility index (Phi) is 16.2. The number of amides is 2. The molecule has 0 aromatic heterocycles. The maximum atomic E-state index is 13.7. The van der Waals surface area contributed by atoms with Crippen molar-refractivity contribution in [1.82, 2.24) is 0 Å². The van der Waals surface area contributed by atoms with Crippen LogP contribution >= 0.6 is 0 Å². The molecule has 4 rings (SSSR count). The van der Waals surface area contributed by atoms with Gasteiger partial charge in [0.2, 0.25) is 0 Å². The summed E-state index contributed by atoms with van der Waals surface area (Å²) >= 11 is 0. The van der Waals surface area contributed by atoms with Crippen LogP contribution in [0.1, 0.15) is 79.9 Å². The van der Waals surface area contributed by atoms with Crippen molar-refractivity contribution in [2.75, 3.05) is 10.6 Å². The summed E-state index contributed by atoms with van der Waals surface area (Å²) < 4.78 is 13.7. The van der Waals surface area contributed by atoms with Crippen molar-refractivity contribution in [1.29, 1.82) is 0 Å². The molecular formula is C46H55FN2O4. The second kappa shape index (κ2) is 19.8. The van der Waals surface area contributed by atoms with Crippen molar-refractivity contribution in [3.8, 4) is 0 Å². The Bertz CT molecular complexity index is 2060. The highest BCUT2D eigenvalue weighted by Crippen LogP contribution is 2.44. The molecule has 2 amide bonds. The Morgan fingerprint density at radius 1 is 0.792 bits per heavy atom. The number of fused-ring (bicyclic) bond motifs is 3. The summed E-state index contributed by atoms with van der Waals surface area (Å²) in [7, 11) is 0. The predicted octanol–water partition coefficient (Wildman–Crippen LogP) is 14.1. The molecule has 0 aliphatic heterocycles. The summed E-state index contributed by atoms with van der Waals surface area (Å²) in [5.74, 6) is -0.372. The lowest BCUT2D eigenvalue weighted by Gasteiger charge is -2.29.